The Morgan fingerprint density at radius 2 is 1.75 bits per heavy atom. The molecule has 32 heavy (non-hydrogen) atoms. The van der Waals surface area contributed by atoms with Gasteiger partial charge in [-0.2, -0.15) is 0 Å². The van der Waals surface area contributed by atoms with Crippen molar-refractivity contribution >= 4 is 34.4 Å². The number of halogens is 1. The lowest BCUT2D eigenvalue weighted by atomic mass is 10.0. The summed E-state index contributed by atoms with van der Waals surface area (Å²) in [5.74, 6) is -0.715. The maximum Gasteiger partial charge on any atom is 0.349 e. The number of hydrogen-bond acceptors (Lipinski definition) is 6. The van der Waals surface area contributed by atoms with E-state index >= 15 is 0 Å². The first-order valence-electron chi connectivity index (χ1n) is 10.5. The van der Waals surface area contributed by atoms with Crippen molar-refractivity contribution in [2.24, 2.45) is 0 Å². The zero-order valence-corrected chi connectivity index (χ0v) is 18.4. The average molecular weight is 455 g/mol. The Kier molecular flexibility index (Phi) is 6.58. The molecule has 0 radical (unpaired) electrons. The Labute approximate surface area is 190 Å². The van der Waals surface area contributed by atoms with Gasteiger partial charge in [0.15, 0.2) is 0 Å². The molecule has 3 aromatic rings. The normalized spacial score (nSPS) is 15.5. The van der Waals surface area contributed by atoms with E-state index in [1.807, 2.05) is 23.1 Å². The fraction of sp³-hybridized carbons (Fsp3) is 0.292. The Bertz CT molecular complexity index is 1180. The molecule has 1 aliphatic rings. The van der Waals surface area contributed by atoms with Gasteiger partial charge in [-0.15, -0.1) is 0 Å². The van der Waals surface area contributed by atoms with Gasteiger partial charge in [-0.05, 0) is 36.8 Å². The summed E-state index contributed by atoms with van der Waals surface area (Å²) in [7, 11) is 0. The number of amides is 1. The molecule has 0 saturated carbocycles. The van der Waals surface area contributed by atoms with Crippen molar-refractivity contribution in [2.45, 2.75) is 13.0 Å². The second kappa shape index (κ2) is 9.54. The number of piperazine rings is 1. The van der Waals surface area contributed by atoms with Gasteiger partial charge in [-0.1, -0.05) is 41.9 Å². The Morgan fingerprint density at radius 1 is 1.06 bits per heavy atom. The first-order chi connectivity index (χ1) is 15.5. The molecular weight excluding hydrogens is 432 g/mol. The number of esters is 1. The molecule has 1 amide bonds. The number of hydrogen-bond donors (Lipinski definition) is 0. The van der Waals surface area contributed by atoms with E-state index < -0.39 is 11.7 Å². The van der Waals surface area contributed by atoms with Gasteiger partial charge in [-0.25, -0.2) is 9.59 Å². The topological polar surface area (TPSA) is 80.1 Å². The van der Waals surface area contributed by atoms with Gasteiger partial charge in [0.25, 0.3) is 5.91 Å². The first kappa shape index (κ1) is 22.0. The molecule has 2 heterocycles. The number of nitrogens with zero attached hydrogens (tertiary/aromatic N) is 2. The molecule has 1 atom stereocenters. The first-order valence-corrected chi connectivity index (χ1v) is 10.8. The second-order valence-electron chi connectivity index (χ2n) is 7.52. The van der Waals surface area contributed by atoms with Gasteiger partial charge in [-0.3, -0.25) is 9.69 Å². The summed E-state index contributed by atoms with van der Waals surface area (Å²) in [4.78, 5) is 41.7. The van der Waals surface area contributed by atoms with E-state index in [0.29, 0.717) is 42.2 Å². The van der Waals surface area contributed by atoms with Crippen LogP contribution in [0.4, 0.5) is 0 Å². The van der Waals surface area contributed by atoms with E-state index in [1.54, 1.807) is 48.2 Å². The lowest BCUT2D eigenvalue weighted by Crippen LogP contribution is -2.51. The zero-order valence-electron chi connectivity index (χ0n) is 17.6. The number of ether oxygens (including phenoxy) is 1. The molecule has 7 nitrogen and oxygen atoms in total. The molecule has 0 bridgehead atoms. The molecule has 0 spiro atoms. The van der Waals surface area contributed by atoms with Crippen LogP contribution in [0.1, 0.15) is 28.9 Å². The molecule has 1 aliphatic heterocycles. The fourth-order valence-electron chi connectivity index (χ4n) is 3.93. The molecule has 0 N–H and O–H groups in total. The summed E-state index contributed by atoms with van der Waals surface area (Å²) in [6.07, 6.45) is 0. The number of carbonyl (C=O) groups is 2. The van der Waals surface area contributed by atoms with Crippen LogP contribution in [0.2, 0.25) is 5.02 Å². The second-order valence-corrected chi connectivity index (χ2v) is 7.96. The monoisotopic (exact) mass is 454 g/mol. The number of benzene rings is 2. The van der Waals surface area contributed by atoms with E-state index in [9.17, 15) is 14.4 Å². The predicted molar refractivity (Wildman–Crippen MR) is 121 cm³/mol. The average Bonchev–Trinajstić information content (AvgIpc) is 2.80. The third-order valence-corrected chi connectivity index (χ3v) is 5.79. The predicted octanol–water partition coefficient (Wildman–Crippen LogP) is 3.51. The molecule has 1 unspecified atom stereocenters. The fourth-order valence-corrected chi connectivity index (χ4v) is 4.05. The minimum atomic E-state index is -0.651. The van der Waals surface area contributed by atoms with Crippen LogP contribution >= 0.6 is 11.6 Å². The van der Waals surface area contributed by atoms with Gasteiger partial charge < -0.3 is 14.1 Å². The van der Waals surface area contributed by atoms with E-state index in [0.717, 1.165) is 5.56 Å². The molecule has 0 aliphatic carbocycles. The van der Waals surface area contributed by atoms with Crippen LogP contribution in [0.3, 0.4) is 0 Å². The maximum atomic E-state index is 13.0. The molecule has 2 aromatic carbocycles. The number of rotatable bonds is 5. The molecule has 1 aromatic heterocycles. The summed E-state index contributed by atoms with van der Waals surface area (Å²) >= 11 is 6.00. The minimum absolute atomic E-state index is 0.0109. The molecule has 1 fully saturated rings. The van der Waals surface area contributed by atoms with Gasteiger partial charge >= 0.3 is 11.6 Å². The number of para-hydroxylation sites is 1. The largest absolute Gasteiger partial charge is 0.465 e. The SMILES string of the molecule is CCOC(=O)C(c1ccc(Cl)cc1)N1CCN(C(=O)c2cc3ccccc3oc2=O)CC1. The van der Waals surface area contributed by atoms with Crippen LogP contribution in [-0.2, 0) is 9.53 Å². The Morgan fingerprint density at radius 3 is 2.44 bits per heavy atom. The van der Waals surface area contributed by atoms with Crippen LogP contribution in [0.15, 0.2) is 63.8 Å². The maximum absolute atomic E-state index is 13.0. The highest BCUT2D eigenvalue weighted by molar-refractivity contribution is 6.30. The summed E-state index contributed by atoms with van der Waals surface area (Å²) in [5, 5.41) is 1.28. The van der Waals surface area contributed by atoms with Crippen LogP contribution in [-0.4, -0.2) is 54.5 Å². The van der Waals surface area contributed by atoms with Crippen molar-refractivity contribution in [2.75, 3.05) is 32.8 Å². The smallest absolute Gasteiger partial charge is 0.349 e. The van der Waals surface area contributed by atoms with E-state index in [4.69, 9.17) is 20.8 Å². The lowest BCUT2D eigenvalue weighted by molar-refractivity contribution is -0.150. The van der Waals surface area contributed by atoms with Gasteiger partial charge in [0.2, 0.25) is 0 Å². The highest BCUT2D eigenvalue weighted by Crippen LogP contribution is 2.26. The van der Waals surface area contributed by atoms with Gasteiger partial charge in [0.05, 0.1) is 6.61 Å². The van der Waals surface area contributed by atoms with Crippen LogP contribution in [0.25, 0.3) is 11.0 Å². The van der Waals surface area contributed by atoms with Crippen molar-refractivity contribution < 1.29 is 18.7 Å². The third-order valence-electron chi connectivity index (χ3n) is 5.53. The molecule has 166 valence electrons. The van der Waals surface area contributed by atoms with Crippen molar-refractivity contribution in [3.63, 3.8) is 0 Å². The van der Waals surface area contributed by atoms with Crippen LogP contribution in [0.5, 0.6) is 0 Å². The molecule has 1 saturated heterocycles. The summed E-state index contributed by atoms with van der Waals surface area (Å²) in [5.41, 5.74) is 0.584. The summed E-state index contributed by atoms with van der Waals surface area (Å²) in [6.45, 7) is 3.69. The number of fused-ring (bicyclic) bond motifs is 1. The van der Waals surface area contributed by atoms with Crippen LogP contribution < -0.4 is 5.63 Å². The Hall–Kier alpha value is -3.16. The number of carbonyl (C=O) groups excluding carboxylic acids is 2. The molecular formula is C24H23ClN2O5. The van der Waals surface area contributed by atoms with E-state index in [-0.39, 0.29) is 24.0 Å². The van der Waals surface area contributed by atoms with E-state index in [1.165, 1.54) is 0 Å². The van der Waals surface area contributed by atoms with Gasteiger partial charge in [0.1, 0.15) is 17.2 Å². The third kappa shape index (κ3) is 4.54. The van der Waals surface area contributed by atoms with Crippen molar-refractivity contribution in [1.29, 1.82) is 0 Å². The summed E-state index contributed by atoms with van der Waals surface area (Å²) in [6, 6.07) is 15.2. The Balaban J connectivity index is 1.51. The standard InChI is InChI=1S/C24H23ClN2O5/c1-2-31-24(30)21(16-7-9-18(25)10-8-16)26-11-13-27(14-12-26)22(28)19-15-17-5-3-4-6-20(17)32-23(19)29/h3-10,15,21H,2,11-14H2,1H3. The lowest BCUT2D eigenvalue weighted by Gasteiger charge is -2.38. The van der Waals surface area contributed by atoms with Crippen LogP contribution in [0, 0.1) is 0 Å². The van der Waals surface area contributed by atoms with Gasteiger partial charge in [0, 0.05) is 36.6 Å². The quantitative estimate of drug-likeness (QED) is 0.433. The van der Waals surface area contributed by atoms with E-state index in [2.05, 4.69) is 0 Å². The zero-order chi connectivity index (χ0) is 22.7. The van der Waals surface area contributed by atoms with Crippen molar-refractivity contribution in [1.82, 2.24) is 9.80 Å². The highest BCUT2D eigenvalue weighted by Gasteiger charge is 2.33. The molecule has 8 heteroatoms. The highest BCUT2D eigenvalue weighted by atomic mass is 35.5. The van der Waals surface area contributed by atoms with Crippen molar-refractivity contribution in [3.05, 3.63) is 81.2 Å². The molecule has 4 rings (SSSR count). The van der Waals surface area contributed by atoms with Crippen molar-refractivity contribution in [3.8, 4) is 0 Å². The summed E-state index contributed by atoms with van der Waals surface area (Å²) < 4.78 is 10.6. The minimum Gasteiger partial charge on any atom is -0.465 e.